The van der Waals surface area contributed by atoms with Crippen LogP contribution in [0.1, 0.15) is 12.0 Å². The summed E-state index contributed by atoms with van der Waals surface area (Å²) in [5.74, 6) is 1.40. The van der Waals surface area contributed by atoms with Crippen molar-refractivity contribution in [3.63, 3.8) is 0 Å². The van der Waals surface area contributed by atoms with Gasteiger partial charge in [-0.05, 0) is 30.2 Å². The zero-order valence-electron chi connectivity index (χ0n) is 14.3. The van der Waals surface area contributed by atoms with Crippen molar-refractivity contribution in [2.45, 2.75) is 12.8 Å². The lowest BCUT2D eigenvalue weighted by atomic mass is 10.1. The van der Waals surface area contributed by atoms with Gasteiger partial charge in [-0.25, -0.2) is 0 Å². The molecule has 0 aliphatic heterocycles. The first-order valence-electron chi connectivity index (χ1n) is 8.06. The number of nitrogens with zero attached hydrogens (tertiary/aromatic N) is 1. The fraction of sp³-hybridized carbons (Fsp3) is 0.200. The largest absolute Gasteiger partial charge is 0.497 e. The van der Waals surface area contributed by atoms with Gasteiger partial charge in [-0.1, -0.05) is 24.3 Å². The van der Waals surface area contributed by atoms with Crippen LogP contribution in [0, 0.1) is 0 Å². The molecule has 1 aromatic heterocycles. The number of methoxy groups -OCH3 is 2. The Hall–Kier alpha value is -3.08. The molecule has 5 heteroatoms. The molecule has 0 saturated carbocycles. The van der Waals surface area contributed by atoms with Crippen LogP contribution in [0.5, 0.6) is 11.5 Å². The van der Waals surface area contributed by atoms with Crippen LogP contribution in [0.2, 0.25) is 0 Å². The highest BCUT2D eigenvalue weighted by Crippen LogP contribution is 2.28. The van der Waals surface area contributed by atoms with Gasteiger partial charge in [-0.2, -0.15) is 0 Å². The first-order chi connectivity index (χ1) is 12.2. The molecule has 0 aliphatic rings. The van der Waals surface area contributed by atoms with Gasteiger partial charge in [0.2, 0.25) is 5.91 Å². The summed E-state index contributed by atoms with van der Waals surface area (Å²) in [6, 6.07) is 15.2. The lowest BCUT2D eigenvalue weighted by Gasteiger charge is -2.11. The first-order valence-corrected chi connectivity index (χ1v) is 8.06. The normalized spacial score (nSPS) is 10.5. The number of ether oxygens (including phenoxy) is 2. The number of hydrogen-bond donors (Lipinski definition) is 1. The standard InChI is InChI=1S/C20H20N2O3/c1-24-16-12-15-7-5-11-21-20(15)17(13-16)22-19(23)10-9-14-6-3-4-8-18(14)25-2/h3-8,11-13H,9-10H2,1-2H3,(H,22,23). The maximum atomic E-state index is 12.4. The van der Waals surface area contributed by atoms with E-state index in [0.29, 0.717) is 24.3 Å². The van der Waals surface area contributed by atoms with Crippen molar-refractivity contribution in [2.75, 3.05) is 19.5 Å². The van der Waals surface area contributed by atoms with E-state index in [9.17, 15) is 4.79 Å². The predicted molar refractivity (Wildman–Crippen MR) is 98.2 cm³/mol. The quantitative estimate of drug-likeness (QED) is 0.743. The first kappa shape index (κ1) is 16.8. The van der Waals surface area contributed by atoms with Crippen molar-refractivity contribution in [2.24, 2.45) is 0 Å². The van der Waals surface area contributed by atoms with E-state index in [-0.39, 0.29) is 5.91 Å². The SMILES string of the molecule is COc1cc(NC(=O)CCc2ccccc2OC)c2ncccc2c1. The molecule has 0 saturated heterocycles. The topological polar surface area (TPSA) is 60.5 Å². The van der Waals surface area contributed by atoms with Gasteiger partial charge < -0.3 is 14.8 Å². The highest BCUT2D eigenvalue weighted by Gasteiger charge is 2.11. The number of anilines is 1. The number of benzene rings is 2. The van der Waals surface area contributed by atoms with Gasteiger partial charge in [0.1, 0.15) is 11.5 Å². The Morgan fingerprint density at radius 2 is 1.92 bits per heavy atom. The Bertz CT molecular complexity index is 893. The number of pyridine rings is 1. The molecule has 25 heavy (non-hydrogen) atoms. The summed E-state index contributed by atoms with van der Waals surface area (Å²) in [6.45, 7) is 0. The van der Waals surface area contributed by atoms with Crippen LogP contribution in [-0.2, 0) is 11.2 Å². The third kappa shape index (κ3) is 3.88. The number of carbonyl (C=O) groups is 1. The minimum Gasteiger partial charge on any atom is -0.497 e. The van der Waals surface area contributed by atoms with Crippen LogP contribution >= 0.6 is 0 Å². The number of rotatable bonds is 6. The van der Waals surface area contributed by atoms with Gasteiger partial charge in [-0.15, -0.1) is 0 Å². The predicted octanol–water partition coefficient (Wildman–Crippen LogP) is 3.82. The van der Waals surface area contributed by atoms with Crippen molar-refractivity contribution in [3.05, 3.63) is 60.3 Å². The average Bonchev–Trinajstić information content (AvgIpc) is 2.66. The van der Waals surface area contributed by atoms with E-state index in [4.69, 9.17) is 9.47 Å². The minimum absolute atomic E-state index is 0.0777. The fourth-order valence-corrected chi connectivity index (χ4v) is 2.75. The van der Waals surface area contributed by atoms with Crippen LogP contribution in [0.3, 0.4) is 0 Å². The molecule has 0 fully saturated rings. The zero-order chi connectivity index (χ0) is 17.6. The maximum absolute atomic E-state index is 12.4. The molecule has 128 valence electrons. The van der Waals surface area contributed by atoms with Crippen LogP contribution in [0.25, 0.3) is 10.9 Å². The molecule has 5 nitrogen and oxygen atoms in total. The Morgan fingerprint density at radius 1 is 1.08 bits per heavy atom. The lowest BCUT2D eigenvalue weighted by molar-refractivity contribution is -0.116. The second-order valence-electron chi connectivity index (χ2n) is 5.61. The number of carbonyl (C=O) groups excluding carboxylic acids is 1. The highest BCUT2D eigenvalue weighted by molar-refractivity contribution is 6.01. The Labute approximate surface area is 146 Å². The summed E-state index contributed by atoms with van der Waals surface area (Å²) in [6.07, 6.45) is 2.66. The van der Waals surface area contributed by atoms with E-state index in [0.717, 1.165) is 22.2 Å². The molecule has 1 N–H and O–H groups in total. The summed E-state index contributed by atoms with van der Waals surface area (Å²) >= 11 is 0. The molecular formula is C20H20N2O3. The molecule has 0 radical (unpaired) electrons. The molecule has 1 heterocycles. The zero-order valence-corrected chi connectivity index (χ0v) is 14.3. The van der Waals surface area contributed by atoms with E-state index in [1.54, 1.807) is 26.5 Å². The summed E-state index contributed by atoms with van der Waals surface area (Å²) in [5, 5.41) is 3.86. The average molecular weight is 336 g/mol. The van der Waals surface area contributed by atoms with Crippen LogP contribution < -0.4 is 14.8 Å². The van der Waals surface area contributed by atoms with E-state index >= 15 is 0 Å². The van der Waals surface area contributed by atoms with E-state index in [1.165, 1.54) is 0 Å². The number of aromatic nitrogens is 1. The molecule has 0 atom stereocenters. The minimum atomic E-state index is -0.0777. The molecule has 0 aliphatic carbocycles. The summed E-state index contributed by atoms with van der Waals surface area (Å²) in [7, 11) is 3.23. The molecule has 0 unspecified atom stereocenters. The number of para-hydroxylation sites is 1. The van der Waals surface area contributed by atoms with Crippen molar-refractivity contribution in [1.82, 2.24) is 4.98 Å². The molecule has 3 rings (SSSR count). The second-order valence-corrected chi connectivity index (χ2v) is 5.61. The Kier molecular flexibility index (Phi) is 5.14. The number of amides is 1. The fourth-order valence-electron chi connectivity index (χ4n) is 2.75. The number of nitrogens with one attached hydrogen (secondary N) is 1. The van der Waals surface area contributed by atoms with Crippen molar-refractivity contribution in [1.29, 1.82) is 0 Å². The smallest absolute Gasteiger partial charge is 0.224 e. The van der Waals surface area contributed by atoms with Gasteiger partial charge in [0.05, 0.1) is 25.4 Å². The summed E-state index contributed by atoms with van der Waals surface area (Å²) in [5.41, 5.74) is 2.41. The molecule has 0 bridgehead atoms. The molecule has 1 amide bonds. The van der Waals surface area contributed by atoms with Crippen LogP contribution in [-0.4, -0.2) is 25.1 Å². The van der Waals surface area contributed by atoms with E-state index in [1.807, 2.05) is 42.5 Å². The third-order valence-electron chi connectivity index (χ3n) is 4.00. The van der Waals surface area contributed by atoms with Crippen LogP contribution in [0.4, 0.5) is 5.69 Å². The number of aryl methyl sites for hydroxylation is 1. The van der Waals surface area contributed by atoms with Gasteiger partial charge in [0.25, 0.3) is 0 Å². The van der Waals surface area contributed by atoms with Gasteiger partial charge in [0, 0.05) is 24.1 Å². The third-order valence-corrected chi connectivity index (χ3v) is 4.00. The van der Waals surface area contributed by atoms with Crippen molar-refractivity contribution < 1.29 is 14.3 Å². The maximum Gasteiger partial charge on any atom is 0.224 e. The van der Waals surface area contributed by atoms with Crippen molar-refractivity contribution in [3.8, 4) is 11.5 Å². The second kappa shape index (κ2) is 7.66. The number of hydrogen-bond acceptors (Lipinski definition) is 4. The molecule has 2 aromatic carbocycles. The summed E-state index contributed by atoms with van der Waals surface area (Å²) < 4.78 is 10.6. The van der Waals surface area contributed by atoms with Crippen LogP contribution in [0.15, 0.2) is 54.7 Å². The van der Waals surface area contributed by atoms with Crippen molar-refractivity contribution >= 4 is 22.5 Å². The number of fused-ring (bicyclic) bond motifs is 1. The monoisotopic (exact) mass is 336 g/mol. The molecule has 0 spiro atoms. The summed E-state index contributed by atoms with van der Waals surface area (Å²) in [4.78, 5) is 16.8. The van der Waals surface area contributed by atoms with E-state index in [2.05, 4.69) is 10.3 Å². The molecule has 3 aromatic rings. The Morgan fingerprint density at radius 3 is 2.72 bits per heavy atom. The van der Waals surface area contributed by atoms with E-state index < -0.39 is 0 Å². The van der Waals surface area contributed by atoms with Gasteiger partial charge >= 0.3 is 0 Å². The Balaban J connectivity index is 1.76. The lowest BCUT2D eigenvalue weighted by Crippen LogP contribution is -2.13. The highest BCUT2D eigenvalue weighted by atomic mass is 16.5. The molecular weight excluding hydrogens is 316 g/mol. The van der Waals surface area contributed by atoms with Gasteiger partial charge in [0.15, 0.2) is 0 Å². The van der Waals surface area contributed by atoms with Gasteiger partial charge in [-0.3, -0.25) is 9.78 Å².